The summed E-state index contributed by atoms with van der Waals surface area (Å²) in [6.07, 6.45) is 4.57. The molecule has 113 valence electrons. The van der Waals surface area contributed by atoms with Crippen molar-refractivity contribution in [3.8, 4) is 11.1 Å². The van der Waals surface area contributed by atoms with E-state index in [-0.39, 0.29) is 0 Å². The Morgan fingerprint density at radius 3 is 2.25 bits per heavy atom. The lowest BCUT2D eigenvalue weighted by Gasteiger charge is -2.13. The van der Waals surface area contributed by atoms with E-state index in [1.807, 2.05) is 0 Å². The Morgan fingerprint density at radius 1 is 0.625 bits per heavy atom. The smallest absolute Gasteiger partial charge is 0.0161 e. The van der Waals surface area contributed by atoms with Crippen molar-refractivity contribution in [1.82, 2.24) is 0 Å². The maximum absolute atomic E-state index is 2.34. The van der Waals surface area contributed by atoms with Gasteiger partial charge in [0.15, 0.2) is 0 Å². The first-order valence-electron chi connectivity index (χ1n) is 8.38. The van der Waals surface area contributed by atoms with Crippen molar-refractivity contribution in [3.63, 3.8) is 0 Å². The van der Waals surface area contributed by atoms with Gasteiger partial charge in [0.1, 0.15) is 0 Å². The number of fused-ring (bicyclic) bond motifs is 4. The van der Waals surface area contributed by atoms with E-state index in [1.54, 1.807) is 0 Å². The molecule has 0 heterocycles. The monoisotopic (exact) mass is 305 g/mol. The van der Waals surface area contributed by atoms with Crippen LogP contribution < -0.4 is 0 Å². The van der Waals surface area contributed by atoms with Crippen molar-refractivity contribution in [1.29, 1.82) is 0 Å². The molecule has 5 rings (SSSR count). The van der Waals surface area contributed by atoms with Crippen molar-refractivity contribution in [3.05, 3.63) is 95.9 Å². The minimum atomic E-state index is 1.30. The van der Waals surface area contributed by atoms with Crippen LogP contribution >= 0.6 is 0 Å². The van der Waals surface area contributed by atoms with Crippen LogP contribution in [-0.2, 0) is 0 Å². The van der Waals surface area contributed by atoms with Crippen LogP contribution in [0.5, 0.6) is 0 Å². The molecule has 0 fully saturated rings. The zero-order valence-electron chi connectivity index (χ0n) is 13.6. The Kier molecular flexibility index (Phi) is 2.87. The molecule has 0 aromatic heterocycles. The summed E-state index contributed by atoms with van der Waals surface area (Å²) in [6.45, 7) is 2.17. The number of rotatable bonds is 1. The highest BCUT2D eigenvalue weighted by molar-refractivity contribution is 6.14. The SMILES string of the molecule is CC1=Cc2c(cccc2-c2cc3ccccc3c3ccccc23)[CH]1. The van der Waals surface area contributed by atoms with E-state index in [1.165, 1.54) is 49.4 Å². The maximum Gasteiger partial charge on any atom is 0.0161 e. The van der Waals surface area contributed by atoms with Crippen LogP contribution in [0.15, 0.2) is 78.4 Å². The summed E-state index contributed by atoms with van der Waals surface area (Å²) in [5.74, 6) is 0. The van der Waals surface area contributed by atoms with Gasteiger partial charge < -0.3 is 0 Å². The fraction of sp³-hybridized carbons (Fsp3) is 0.0417. The summed E-state index contributed by atoms with van der Waals surface area (Å²) in [6, 6.07) is 26.4. The Morgan fingerprint density at radius 2 is 1.38 bits per heavy atom. The van der Waals surface area contributed by atoms with Gasteiger partial charge in [-0.15, -0.1) is 0 Å². The number of hydrogen-bond acceptors (Lipinski definition) is 0. The zero-order valence-corrected chi connectivity index (χ0v) is 13.6. The summed E-state index contributed by atoms with van der Waals surface area (Å²) in [5.41, 5.74) is 6.63. The predicted molar refractivity (Wildman–Crippen MR) is 104 cm³/mol. The number of benzene rings is 4. The minimum absolute atomic E-state index is 1.30. The summed E-state index contributed by atoms with van der Waals surface area (Å²) in [7, 11) is 0. The van der Waals surface area contributed by atoms with Crippen LogP contribution in [0.4, 0.5) is 0 Å². The second-order valence-corrected chi connectivity index (χ2v) is 6.53. The molecule has 0 saturated carbocycles. The lowest BCUT2D eigenvalue weighted by Crippen LogP contribution is -1.89. The molecule has 0 N–H and O–H groups in total. The quantitative estimate of drug-likeness (QED) is 0.346. The van der Waals surface area contributed by atoms with E-state index in [2.05, 4.69) is 92.2 Å². The van der Waals surface area contributed by atoms with Crippen LogP contribution in [0.2, 0.25) is 0 Å². The molecular weight excluding hydrogens is 288 g/mol. The molecule has 1 aliphatic rings. The lowest BCUT2D eigenvalue weighted by atomic mass is 9.90. The Bertz CT molecular complexity index is 1130. The molecule has 0 saturated heterocycles. The highest BCUT2D eigenvalue weighted by Gasteiger charge is 2.16. The average molecular weight is 305 g/mol. The third-order valence-corrected chi connectivity index (χ3v) is 4.95. The Balaban J connectivity index is 1.93. The summed E-state index contributed by atoms with van der Waals surface area (Å²) in [5, 5.41) is 5.27. The van der Waals surface area contributed by atoms with Crippen LogP contribution in [0.25, 0.3) is 38.7 Å². The van der Waals surface area contributed by atoms with Gasteiger partial charge in [-0.25, -0.2) is 0 Å². The molecule has 0 aliphatic heterocycles. The maximum atomic E-state index is 2.34. The molecule has 1 aliphatic carbocycles. The van der Waals surface area contributed by atoms with Crippen molar-refractivity contribution in [2.24, 2.45) is 0 Å². The van der Waals surface area contributed by atoms with Gasteiger partial charge in [-0.1, -0.05) is 78.4 Å². The first-order chi connectivity index (χ1) is 11.8. The van der Waals surface area contributed by atoms with E-state index in [0.29, 0.717) is 0 Å². The Labute approximate surface area is 142 Å². The van der Waals surface area contributed by atoms with Gasteiger partial charge >= 0.3 is 0 Å². The molecule has 0 atom stereocenters. The number of allylic oxidation sites excluding steroid dienone is 1. The molecule has 0 bridgehead atoms. The third-order valence-electron chi connectivity index (χ3n) is 4.95. The van der Waals surface area contributed by atoms with E-state index in [0.717, 1.165) is 0 Å². The van der Waals surface area contributed by atoms with Gasteiger partial charge in [-0.3, -0.25) is 0 Å². The normalized spacial score (nSPS) is 13.3. The molecule has 1 radical (unpaired) electrons. The van der Waals surface area contributed by atoms with Gasteiger partial charge in [0.05, 0.1) is 0 Å². The average Bonchev–Trinajstić information content (AvgIpc) is 3.01. The lowest BCUT2D eigenvalue weighted by molar-refractivity contribution is 1.45. The van der Waals surface area contributed by atoms with Crippen molar-refractivity contribution in [2.45, 2.75) is 6.92 Å². The van der Waals surface area contributed by atoms with E-state index in [4.69, 9.17) is 0 Å². The standard InChI is InChI=1S/C24H17/c1-16-13-17-8-6-12-22(23(17)14-16)24-15-18-7-2-3-9-19(18)20-10-4-5-11-21(20)24/h2-15H,1H3. The van der Waals surface area contributed by atoms with Gasteiger partial charge in [0, 0.05) is 6.42 Å². The summed E-state index contributed by atoms with van der Waals surface area (Å²) in [4.78, 5) is 0. The van der Waals surface area contributed by atoms with E-state index in [9.17, 15) is 0 Å². The highest BCUT2D eigenvalue weighted by atomic mass is 14.2. The fourth-order valence-electron chi connectivity index (χ4n) is 3.90. The summed E-state index contributed by atoms with van der Waals surface area (Å²) < 4.78 is 0. The zero-order chi connectivity index (χ0) is 16.1. The second-order valence-electron chi connectivity index (χ2n) is 6.53. The topological polar surface area (TPSA) is 0 Å². The van der Waals surface area contributed by atoms with Crippen LogP contribution in [-0.4, -0.2) is 0 Å². The fourth-order valence-corrected chi connectivity index (χ4v) is 3.90. The van der Waals surface area contributed by atoms with Crippen molar-refractivity contribution < 1.29 is 0 Å². The number of hydrogen-bond donors (Lipinski definition) is 0. The first-order valence-corrected chi connectivity index (χ1v) is 8.38. The van der Waals surface area contributed by atoms with Gasteiger partial charge in [0.25, 0.3) is 0 Å². The van der Waals surface area contributed by atoms with Gasteiger partial charge in [-0.05, 0) is 56.8 Å². The predicted octanol–water partition coefficient (Wildman–Crippen LogP) is 6.63. The van der Waals surface area contributed by atoms with Crippen LogP contribution in [0.3, 0.4) is 0 Å². The highest BCUT2D eigenvalue weighted by Crippen LogP contribution is 2.40. The molecule has 0 heteroatoms. The molecule has 0 unspecified atom stereocenters. The molecule has 0 amide bonds. The van der Waals surface area contributed by atoms with E-state index >= 15 is 0 Å². The Hall–Kier alpha value is -2.86. The molecule has 0 nitrogen and oxygen atoms in total. The third kappa shape index (κ3) is 1.93. The largest absolute Gasteiger partial charge is 0.0642 e. The second kappa shape index (κ2) is 5.07. The van der Waals surface area contributed by atoms with Crippen molar-refractivity contribution in [2.75, 3.05) is 0 Å². The molecule has 4 aromatic rings. The van der Waals surface area contributed by atoms with Crippen LogP contribution in [0, 0.1) is 6.42 Å². The van der Waals surface area contributed by atoms with Gasteiger partial charge in [-0.2, -0.15) is 0 Å². The molecule has 24 heavy (non-hydrogen) atoms. The first kappa shape index (κ1) is 13.6. The van der Waals surface area contributed by atoms with Crippen LogP contribution in [0.1, 0.15) is 18.1 Å². The van der Waals surface area contributed by atoms with Crippen molar-refractivity contribution >= 4 is 27.6 Å². The molecular formula is C24H17. The van der Waals surface area contributed by atoms with E-state index < -0.39 is 0 Å². The minimum Gasteiger partial charge on any atom is -0.0642 e. The summed E-state index contributed by atoms with van der Waals surface area (Å²) >= 11 is 0. The molecule has 4 aromatic carbocycles. The van der Waals surface area contributed by atoms with Gasteiger partial charge in [0.2, 0.25) is 0 Å². The molecule has 0 spiro atoms.